The van der Waals surface area contributed by atoms with Gasteiger partial charge in [-0.15, -0.1) is 11.3 Å². The molecule has 1 heterocycles. The summed E-state index contributed by atoms with van der Waals surface area (Å²) in [5.41, 5.74) is 0.877. The van der Waals surface area contributed by atoms with Gasteiger partial charge in [0.2, 0.25) is 0 Å². The van der Waals surface area contributed by atoms with Crippen LogP contribution in [-0.4, -0.2) is 5.91 Å². The number of hydrogen-bond donors (Lipinski definition) is 1. The third kappa shape index (κ3) is 2.47. The molecule has 4 heteroatoms. The number of benzene rings is 2. The van der Waals surface area contributed by atoms with Gasteiger partial charge >= 0.3 is 0 Å². The van der Waals surface area contributed by atoms with Crippen molar-refractivity contribution in [2.45, 2.75) is 25.7 Å². The molecule has 0 aliphatic heterocycles. The van der Waals surface area contributed by atoms with Crippen LogP contribution >= 0.6 is 11.3 Å². The van der Waals surface area contributed by atoms with Crippen LogP contribution < -0.4 is 5.32 Å². The van der Waals surface area contributed by atoms with Gasteiger partial charge in [-0.05, 0) is 48.1 Å². The summed E-state index contributed by atoms with van der Waals surface area (Å²) in [6.07, 6.45) is 3.51. The number of nitriles is 1. The van der Waals surface area contributed by atoms with Crippen LogP contribution in [0.25, 0.3) is 10.8 Å². The lowest BCUT2D eigenvalue weighted by Gasteiger charge is -2.09. The van der Waals surface area contributed by atoms with Crippen molar-refractivity contribution >= 4 is 33.0 Å². The molecule has 1 aliphatic rings. The van der Waals surface area contributed by atoms with Gasteiger partial charge in [-0.3, -0.25) is 4.79 Å². The highest BCUT2D eigenvalue weighted by atomic mass is 32.1. The average molecular weight is 339 g/mol. The minimum Gasteiger partial charge on any atom is -0.312 e. The van der Waals surface area contributed by atoms with Gasteiger partial charge in [0.05, 0.1) is 15.2 Å². The van der Waals surface area contributed by atoms with Gasteiger partial charge in [0, 0.05) is 10.4 Å². The number of anilines is 1. The second-order valence-electron chi connectivity index (χ2n) is 5.48. The molecule has 3 nitrogen and oxygen atoms in total. The molecule has 1 aromatic heterocycles. The van der Waals surface area contributed by atoms with Crippen LogP contribution in [-0.2, 0) is 12.8 Å². The van der Waals surface area contributed by atoms with Gasteiger partial charge in [0.1, 0.15) is 11.1 Å². The Morgan fingerprint density at radius 2 is 1.96 bits per heavy atom. The third-order valence-corrected chi connectivity index (χ3v) is 5.26. The highest BCUT2D eigenvalue weighted by molar-refractivity contribution is 7.16. The Kier molecular flexibility index (Phi) is 2.29. The summed E-state index contributed by atoms with van der Waals surface area (Å²) < 4.78 is 56.6. The standard InChI is InChI=1S/C20H16N2OS/c21-12-17-15-9-3-4-11-18(15)24-20(17)22-19(23)16-10-5-7-13-6-1-2-8-14(13)16/h1-2,5-8,10H,3-4,9,11H2,(H,22,23)/i1D,2D,5D,6D,7D,8D,10D. The first kappa shape index (κ1) is 9.00. The molecule has 1 aliphatic carbocycles. The normalized spacial score (nSPS) is 17.4. The van der Waals surface area contributed by atoms with Crippen molar-refractivity contribution in [2.24, 2.45) is 0 Å². The van der Waals surface area contributed by atoms with E-state index in [9.17, 15) is 10.1 Å². The summed E-state index contributed by atoms with van der Waals surface area (Å²) in [6, 6.07) is -1.85. The van der Waals surface area contributed by atoms with Gasteiger partial charge in [-0.1, -0.05) is 36.3 Å². The highest BCUT2D eigenvalue weighted by Gasteiger charge is 2.22. The first-order chi connectivity index (χ1) is 14.7. The maximum absolute atomic E-state index is 13.2. The molecule has 3 aromatic rings. The highest BCUT2D eigenvalue weighted by Crippen LogP contribution is 2.38. The zero-order chi connectivity index (χ0) is 22.6. The Bertz CT molecular complexity index is 1320. The second-order valence-corrected chi connectivity index (χ2v) is 6.59. The minimum atomic E-state index is -0.844. The van der Waals surface area contributed by atoms with Crippen LogP contribution in [0.3, 0.4) is 0 Å². The molecule has 4 rings (SSSR count). The summed E-state index contributed by atoms with van der Waals surface area (Å²) in [4.78, 5) is 14.2. The number of thiophene rings is 1. The molecule has 24 heavy (non-hydrogen) atoms. The molecule has 0 atom stereocenters. The van der Waals surface area contributed by atoms with Crippen molar-refractivity contribution in [2.75, 3.05) is 5.32 Å². The van der Waals surface area contributed by atoms with E-state index >= 15 is 0 Å². The topological polar surface area (TPSA) is 52.9 Å². The van der Waals surface area contributed by atoms with Gasteiger partial charge in [-0.2, -0.15) is 5.26 Å². The van der Waals surface area contributed by atoms with Crippen molar-refractivity contribution in [1.29, 1.82) is 5.26 Å². The number of carbonyl (C=O) groups is 1. The molecule has 0 unspecified atom stereocenters. The monoisotopic (exact) mass is 339 g/mol. The van der Waals surface area contributed by atoms with Crippen molar-refractivity contribution in [1.82, 2.24) is 0 Å². The molecule has 118 valence electrons. The molecule has 1 N–H and O–H groups in total. The summed E-state index contributed by atoms with van der Waals surface area (Å²) in [6.45, 7) is 0. The number of aryl methyl sites for hydroxylation is 1. The number of amides is 1. The molecule has 0 bridgehead atoms. The van der Waals surface area contributed by atoms with E-state index in [-0.39, 0.29) is 10.8 Å². The van der Waals surface area contributed by atoms with Crippen molar-refractivity contribution in [3.05, 3.63) is 63.9 Å². The summed E-state index contributed by atoms with van der Waals surface area (Å²) in [5.74, 6) is -0.844. The van der Waals surface area contributed by atoms with Gasteiger partial charge < -0.3 is 5.32 Å². The summed E-state index contributed by atoms with van der Waals surface area (Å²) in [7, 11) is 0. The molecule has 1 amide bonds. The predicted molar refractivity (Wildman–Crippen MR) is 97.6 cm³/mol. The smallest absolute Gasteiger partial charge is 0.256 e. The molecule has 0 spiro atoms. The summed E-state index contributed by atoms with van der Waals surface area (Å²) >= 11 is 1.29. The zero-order valence-electron chi connectivity index (χ0n) is 19.6. The van der Waals surface area contributed by atoms with E-state index in [2.05, 4.69) is 11.4 Å². The van der Waals surface area contributed by atoms with Gasteiger partial charge in [-0.25, -0.2) is 0 Å². The van der Waals surface area contributed by atoms with E-state index in [0.717, 1.165) is 36.1 Å². The lowest BCUT2D eigenvalue weighted by molar-refractivity contribution is 0.102. The lowest BCUT2D eigenvalue weighted by Crippen LogP contribution is -2.12. The number of fused-ring (bicyclic) bond motifs is 2. The SMILES string of the molecule is [2H]c1c([2H])c([2H])c2c(C(=O)Nc3sc4c(c3C#N)CCCC4)c([2H])c([2H])c([2H])c2c1[2H]. The van der Waals surface area contributed by atoms with E-state index in [1.54, 1.807) is 0 Å². The van der Waals surface area contributed by atoms with Crippen molar-refractivity contribution in [3.8, 4) is 6.07 Å². The Labute approximate surface area is 154 Å². The average Bonchev–Trinajstić information content (AvgIpc) is 3.10. The Hall–Kier alpha value is -2.64. The van der Waals surface area contributed by atoms with Crippen LogP contribution in [0.4, 0.5) is 5.00 Å². The maximum Gasteiger partial charge on any atom is 0.256 e. The predicted octanol–water partition coefficient (Wildman–Crippen LogP) is 4.90. The number of nitrogens with one attached hydrogen (secondary N) is 1. The van der Waals surface area contributed by atoms with E-state index < -0.39 is 53.8 Å². The first-order valence-electron chi connectivity index (χ1n) is 11.0. The molecule has 0 radical (unpaired) electrons. The Morgan fingerprint density at radius 1 is 1.17 bits per heavy atom. The van der Waals surface area contributed by atoms with Crippen LogP contribution in [0.5, 0.6) is 0 Å². The first-order valence-corrected chi connectivity index (χ1v) is 8.36. The van der Waals surface area contributed by atoms with E-state index in [4.69, 9.17) is 9.60 Å². The molecular weight excluding hydrogens is 316 g/mol. The molecular formula is C20H16N2OS. The number of hydrogen-bond acceptors (Lipinski definition) is 3. The second kappa shape index (κ2) is 6.10. The van der Waals surface area contributed by atoms with Crippen molar-refractivity contribution < 1.29 is 14.4 Å². The molecule has 2 aromatic carbocycles. The number of nitrogens with zero attached hydrogens (tertiary/aromatic N) is 1. The Balaban J connectivity index is 1.94. The van der Waals surface area contributed by atoms with Crippen LogP contribution in [0.1, 0.15) is 48.8 Å². The fourth-order valence-electron chi connectivity index (χ4n) is 2.92. The lowest BCUT2D eigenvalue weighted by atomic mass is 9.96. The van der Waals surface area contributed by atoms with E-state index in [1.807, 2.05) is 0 Å². The van der Waals surface area contributed by atoms with E-state index in [1.165, 1.54) is 11.3 Å². The van der Waals surface area contributed by atoms with Crippen LogP contribution in [0.2, 0.25) is 0 Å². The Morgan fingerprint density at radius 3 is 2.83 bits per heavy atom. The fraction of sp³-hybridized carbons (Fsp3) is 0.200. The van der Waals surface area contributed by atoms with E-state index in [0.29, 0.717) is 10.6 Å². The summed E-state index contributed by atoms with van der Waals surface area (Å²) in [5, 5.41) is 12.0. The number of rotatable bonds is 2. The molecule has 0 saturated heterocycles. The van der Waals surface area contributed by atoms with Crippen molar-refractivity contribution in [3.63, 3.8) is 0 Å². The largest absolute Gasteiger partial charge is 0.312 e. The molecule has 0 fully saturated rings. The maximum atomic E-state index is 13.2. The zero-order valence-corrected chi connectivity index (χ0v) is 13.4. The van der Waals surface area contributed by atoms with Gasteiger partial charge in [0.15, 0.2) is 0 Å². The van der Waals surface area contributed by atoms with Gasteiger partial charge in [0.25, 0.3) is 5.91 Å². The van der Waals surface area contributed by atoms with Crippen LogP contribution in [0, 0.1) is 11.3 Å². The molecule has 0 saturated carbocycles. The quantitative estimate of drug-likeness (QED) is 0.721. The van der Waals surface area contributed by atoms with Crippen LogP contribution in [0.15, 0.2) is 42.3 Å². The number of carbonyl (C=O) groups excluding carboxylic acids is 1. The fourth-order valence-corrected chi connectivity index (χ4v) is 4.16. The minimum absolute atomic E-state index is 0.269. The third-order valence-electron chi connectivity index (χ3n) is 4.05.